The highest BCUT2D eigenvalue weighted by Gasteiger charge is 2.41. The number of hydrogen-bond acceptors (Lipinski definition) is 4. The van der Waals surface area contributed by atoms with E-state index in [1.54, 1.807) is 18.2 Å². The Kier molecular flexibility index (Phi) is 3.80. The molecule has 5 nitrogen and oxygen atoms in total. The van der Waals surface area contributed by atoms with E-state index in [-0.39, 0.29) is 17.9 Å². The molecule has 1 aliphatic carbocycles. The monoisotopic (exact) mass is 304 g/mol. The summed E-state index contributed by atoms with van der Waals surface area (Å²) in [6.07, 6.45) is 0.891. The number of aromatic nitrogens is 2. The third-order valence-corrected chi connectivity index (χ3v) is 4.19. The van der Waals surface area contributed by atoms with Gasteiger partial charge in [0, 0.05) is 11.6 Å². The molecule has 1 fully saturated rings. The summed E-state index contributed by atoms with van der Waals surface area (Å²) in [5, 5.41) is 24.4. The van der Waals surface area contributed by atoms with Gasteiger partial charge in [-0.05, 0) is 49.6 Å². The SMILES string of the molecule is O=c1ccc(-c2ccc(F)cc2)nn1CC(O)C1(O)CCC1. The Bertz CT molecular complexity index is 723. The van der Waals surface area contributed by atoms with Crippen LogP contribution in [0.1, 0.15) is 19.3 Å². The van der Waals surface area contributed by atoms with Crippen molar-refractivity contribution in [3.8, 4) is 11.3 Å². The molecular weight excluding hydrogens is 287 g/mol. The molecular formula is C16H17FN2O3. The van der Waals surface area contributed by atoms with Crippen LogP contribution in [0.15, 0.2) is 41.2 Å². The number of aliphatic hydroxyl groups is 2. The molecule has 3 rings (SSSR count). The second-order valence-corrected chi connectivity index (χ2v) is 5.72. The van der Waals surface area contributed by atoms with Crippen molar-refractivity contribution < 1.29 is 14.6 Å². The Morgan fingerprint density at radius 3 is 2.50 bits per heavy atom. The molecule has 0 spiro atoms. The zero-order valence-electron chi connectivity index (χ0n) is 11.9. The van der Waals surface area contributed by atoms with Gasteiger partial charge >= 0.3 is 0 Å². The first-order chi connectivity index (χ1) is 10.5. The maximum Gasteiger partial charge on any atom is 0.266 e. The Hall–Kier alpha value is -2.05. The minimum Gasteiger partial charge on any atom is -0.388 e. The molecule has 0 amide bonds. The predicted molar refractivity (Wildman–Crippen MR) is 78.7 cm³/mol. The standard InChI is InChI=1S/C16H17FN2O3/c17-12-4-2-11(3-5-12)13-6-7-15(21)19(18-13)10-14(20)16(22)8-1-9-16/h2-7,14,20,22H,1,8-10H2. The van der Waals surface area contributed by atoms with Crippen molar-refractivity contribution in [3.05, 3.63) is 52.6 Å². The van der Waals surface area contributed by atoms with Crippen LogP contribution in [0.3, 0.4) is 0 Å². The van der Waals surface area contributed by atoms with Crippen LogP contribution in [0.25, 0.3) is 11.3 Å². The lowest BCUT2D eigenvalue weighted by Crippen LogP contribution is -2.51. The largest absolute Gasteiger partial charge is 0.388 e. The molecule has 2 N–H and O–H groups in total. The van der Waals surface area contributed by atoms with Crippen molar-refractivity contribution >= 4 is 0 Å². The van der Waals surface area contributed by atoms with E-state index >= 15 is 0 Å². The molecule has 1 aromatic heterocycles. The van der Waals surface area contributed by atoms with Gasteiger partial charge in [-0.2, -0.15) is 5.10 Å². The van der Waals surface area contributed by atoms with Crippen molar-refractivity contribution in [1.29, 1.82) is 0 Å². The third kappa shape index (κ3) is 2.80. The van der Waals surface area contributed by atoms with Crippen LogP contribution >= 0.6 is 0 Å². The molecule has 1 unspecified atom stereocenters. The molecule has 0 aliphatic heterocycles. The highest BCUT2D eigenvalue weighted by atomic mass is 19.1. The lowest BCUT2D eigenvalue weighted by Gasteiger charge is -2.40. The van der Waals surface area contributed by atoms with Gasteiger partial charge in [0.25, 0.3) is 5.56 Å². The van der Waals surface area contributed by atoms with Crippen LogP contribution in [0.4, 0.5) is 4.39 Å². The van der Waals surface area contributed by atoms with E-state index < -0.39 is 11.7 Å². The van der Waals surface area contributed by atoms with Crippen LogP contribution in [0, 0.1) is 5.82 Å². The highest BCUT2D eigenvalue weighted by Crippen LogP contribution is 2.35. The van der Waals surface area contributed by atoms with Crippen molar-refractivity contribution in [2.45, 2.75) is 37.5 Å². The number of aliphatic hydroxyl groups excluding tert-OH is 1. The second kappa shape index (κ2) is 5.62. The Morgan fingerprint density at radius 1 is 1.23 bits per heavy atom. The molecule has 1 saturated carbocycles. The van der Waals surface area contributed by atoms with E-state index in [0.29, 0.717) is 24.1 Å². The van der Waals surface area contributed by atoms with Crippen LogP contribution in [-0.2, 0) is 6.54 Å². The molecule has 116 valence electrons. The van der Waals surface area contributed by atoms with Crippen LogP contribution < -0.4 is 5.56 Å². The van der Waals surface area contributed by atoms with E-state index in [4.69, 9.17) is 0 Å². The third-order valence-electron chi connectivity index (χ3n) is 4.19. The van der Waals surface area contributed by atoms with Gasteiger partial charge in [0.1, 0.15) is 11.9 Å². The van der Waals surface area contributed by atoms with Crippen LogP contribution in [0.5, 0.6) is 0 Å². The van der Waals surface area contributed by atoms with E-state index in [1.807, 2.05) is 0 Å². The van der Waals surface area contributed by atoms with Crippen molar-refractivity contribution in [1.82, 2.24) is 9.78 Å². The highest BCUT2D eigenvalue weighted by molar-refractivity contribution is 5.57. The van der Waals surface area contributed by atoms with E-state index in [1.165, 1.54) is 18.2 Å². The fraction of sp³-hybridized carbons (Fsp3) is 0.375. The quantitative estimate of drug-likeness (QED) is 0.893. The summed E-state index contributed by atoms with van der Waals surface area (Å²) < 4.78 is 14.1. The Labute approximate surface area is 126 Å². The fourth-order valence-corrected chi connectivity index (χ4v) is 2.56. The van der Waals surface area contributed by atoms with Gasteiger partial charge in [-0.25, -0.2) is 9.07 Å². The number of nitrogens with zero attached hydrogens (tertiary/aromatic N) is 2. The van der Waals surface area contributed by atoms with Gasteiger partial charge in [-0.15, -0.1) is 0 Å². The number of hydrogen-bond donors (Lipinski definition) is 2. The van der Waals surface area contributed by atoms with Gasteiger partial charge in [-0.1, -0.05) is 0 Å². The Balaban J connectivity index is 1.87. The number of benzene rings is 1. The molecule has 6 heteroatoms. The summed E-state index contributed by atoms with van der Waals surface area (Å²) in [5.41, 5.74) is -0.292. The predicted octanol–water partition coefficient (Wildman–Crippen LogP) is 1.33. The average molecular weight is 304 g/mol. The first-order valence-corrected chi connectivity index (χ1v) is 7.22. The normalized spacial score (nSPS) is 17.8. The van der Waals surface area contributed by atoms with Gasteiger partial charge in [-0.3, -0.25) is 4.79 Å². The lowest BCUT2D eigenvalue weighted by atomic mass is 9.76. The molecule has 0 radical (unpaired) electrons. The molecule has 1 aromatic carbocycles. The molecule has 1 atom stereocenters. The fourth-order valence-electron chi connectivity index (χ4n) is 2.56. The molecule has 1 heterocycles. The maximum atomic E-state index is 13.0. The van der Waals surface area contributed by atoms with E-state index in [9.17, 15) is 19.4 Å². The zero-order valence-corrected chi connectivity index (χ0v) is 11.9. The molecule has 2 aromatic rings. The molecule has 22 heavy (non-hydrogen) atoms. The van der Waals surface area contributed by atoms with Gasteiger partial charge in [0.2, 0.25) is 0 Å². The minimum absolute atomic E-state index is 0.0651. The van der Waals surface area contributed by atoms with Gasteiger partial charge in [0.05, 0.1) is 17.8 Å². The molecule has 0 bridgehead atoms. The Morgan fingerprint density at radius 2 is 1.91 bits per heavy atom. The number of halogens is 1. The summed E-state index contributed by atoms with van der Waals surface area (Å²) in [4.78, 5) is 11.9. The summed E-state index contributed by atoms with van der Waals surface area (Å²) in [6, 6.07) is 8.68. The van der Waals surface area contributed by atoms with Crippen molar-refractivity contribution in [2.24, 2.45) is 0 Å². The molecule has 0 saturated heterocycles. The maximum absolute atomic E-state index is 13.0. The van der Waals surface area contributed by atoms with Crippen molar-refractivity contribution in [3.63, 3.8) is 0 Å². The van der Waals surface area contributed by atoms with Crippen LogP contribution in [-0.4, -0.2) is 31.7 Å². The summed E-state index contributed by atoms with van der Waals surface area (Å²) in [6.45, 7) is -0.0651. The van der Waals surface area contributed by atoms with E-state index in [2.05, 4.69) is 5.10 Å². The summed E-state index contributed by atoms with van der Waals surface area (Å²) in [7, 11) is 0. The van der Waals surface area contributed by atoms with Crippen LogP contribution in [0.2, 0.25) is 0 Å². The zero-order chi connectivity index (χ0) is 15.7. The topological polar surface area (TPSA) is 75.4 Å². The van der Waals surface area contributed by atoms with Gasteiger partial charge in [0.15, 0.2) is 0 Å². The average Bonchev–Trinajstić information content (AvgIpc) is 2.48. The van der Waals surface area contributed by atoms with Gasteiger partial charge < -0.3 is 10.2 Å². The minimum atomic E-state index is -1.12. The van der Waals surface area contributed by atoms with Crippen molar-refractivity contribution in [2.75, 3.05) is 0 Å². The first kappa shape index (κ1) is 14.9. The summed E-state index contributed by atoms with van der Waals surface area (Å²) in [5.74, 6) is -0.348. The molecule has 1 aliphatic rings. The second-order valence-electron chi connectivity index (χ2n) is 5.72. The lowest BCUT2D eigenvalue weighted by molar-refractivity contribution is -0.131. The summed E-state index contributed by atoms with van der Waals surface area (Å²) >= 11 is 0. The van der Waals surface area contributed by atoms with E-state index in [0.717, 1.165) is 11.1 Å². The number of rotatable bonds is 4. The smallest absolute Gasteiger partial charge is 0.266 e. The first-order valence-electron chi connectivity index (χ1n) is 7.22.